The number of piperazine rings is 1. The largest absolute Gasteiger partial charge is 0.388 e. The molecule has 2 saturated heterocycles. The van der Waals surface area contributed by atoms with Crippen LogP contribution >= 0.6 is 0 Å². The molecular weight excluding hydrogens is 222 g/mol. The molecule has 1 N–H and O–H groups in total. The standard InChI is InChI=1S/C15H23N3/c1-16-13-5-7-14(8-6-13)18-11-10-17-9-3-2-4-15(17)12-18/h5-8,15-16H,2-4,9-12H2,1H3. The van der Waals surface area contributed by atoms with E-state index in [2.05, 4.69) is 39.4 Å². The SMILES string of the molecule is CNc1ccc(N2CCN3CCCCC3C2)cc1. The molecule has 98 valence electrons. The molecule has 3 rings (SSSR count). The van der Waals surface area contributed by atoms with E-state index in [-0.39, 0.29) is 0 Å². The first kappa shape index (κ1) is 11.8. The lowest BCUT2D eigenvalue weighted by Crippen LogP contribution is -2.54. The number of hydrogen-bond acceptors (Lipinski definition) is 3. The van der Waals surface area contributed by atoms with Crippen molar-refractivity contribution in [1.29, 1.82) is 0 Å². The third kappa shape index (κ3) is 2.32. The number of hydrogen-bond donors (Lipinski definition) is 1. The molecule has 0 aromatic heterocycles. The van der Waals surface area contributed by atoms with Crippen molar-refractivity contribution in [1.82, 2.24) is 4.90 Å². The maximum Gasteiger partial charge on any atom is 0.0368 e. The summed E-state index contributed by atoms with van der Waals surface area (Å²) in [6.45, 7) is 4.93. The molecule has 0 saturated carbocycles. The molecule has 1 atom stereocenters. The maximum atomic E-state index is 3.18. The van der Waals surface area contributed by atoms with Crippen LogP contribution in [0.15, 0.2) is 24.3 Å². The van der Waals surface area contributed by atoms with Gasteiger partial charge in [0.15, 0.2) is 0 Å². The van der Waals surface area contributed by atoms with Crippen LogP contribution in [0.3, 0.4) is 0 Å². The molecule has 2 heterocycles. The summed E-state index contributed by atoms with van der Waals surface area (Å²) in [6.07, 6.45) is 4.19. The average molecular weight is 245 g/mol. The Morgan fingerprint density at radius 2 is 1.89 bits per heavy atom. The number of nitrogens with zero attached hydrogens (tertiary/aromatic N) is 2. The molecule has 3 nitrogen and oxygen atoms in total. The predicted molar refractivity (Wildman–Crippen MR) is 77.4 cm³/mol. The average Bonchev–Trinajstić information content (AvgIpc) is 2.47. The third-order valence-electron chi connectivity index (χ3n) is 4.36. The van der Waals surface area contributed by atoms with Crippen LogP contribution in [0.5, 0.6) is 0 Å². The summed E-state index contributed by atoms with van der Waals surface area (Å²) in [5.74, 6) is 0. The Balaban J connectivity index is 1.69. The second-order valence-corrected chi connectivity index (χ2v) is 5.43. The van der Waals surface area contributed by atoms with Gasteiger partial charge in [0, 0.05) is 44.1 Å². The minimum absolute atomic E-state index is 0.788. The topological polar surface area (TPSA) is 18.5 Å². The molecule has 18 heavy (non-hydrogen) atoms. The molecule has 3 heteroatoms. The van der Waals surface area contributed by atoms with Gasteiger partial charge in [-0.25, -0.2) is 0 Å². The smallest absolute Gasteiger partial charge is 0.0368 e. The van der Waals surface area contributed by atoms with Gasteiger partial charge in [0.1, 0.15) is 0 Å². The fourth-order valence-corrected chi connectivity index (χ4v) is 3.23. The monoisotopic (exact) mass is 245 g/mol. The van der Waals surface area contributed by atoms with E-state index in [4.69, 9.17) is 0 Å². The molecule has 1 aromatic rings. The van der Waals surface area contributed by atoms with Gasteiger partial charge in [-0.1, -0.05) is 6.42 Å². The normalized spacial score (nSPS) is 24.7. The summed E-state index contributed by atoms with van der Waals surface area (Å²) in [5.41, 5.74) is 2.56. The number of piperidine rings is 1. The van der Waals surface area contributed by atoms with E-state index in [0.29, 0.717) is 0 Å². The van der Waals surface area contributed by atoms with Crippen molar-refractivity contribution >= 4 is 11.4 Å². The van der Waals surface area contributed by atoms with Crippen LogP contribution in [0, 0.1) is 0 Å². The molecule has 2 aliphatic rings. The van der Waals surface area contributed by atoms with E-state index in [0.717, 1.165) is 6.04 Å². The van der Waals surface area contributed by atoms with Gasteiger partial charge in [-0.2, -0.15) is 0 Å². The zero-order valence-corrected chi connectivity index (χ0v) is 11.2. The van der Waals surface area contributed by atoms with Crippen LogP contribution < -0.4 is 10.2 Å². The minimum atomic E-state index is 0.788. The van der Waals surface area contributed by atoms with Crippen molar-refractivity contribution in [3.8, 4) is 0 Å². The van der Waals surface area contributed by atoms with Crippen LogP contribution in [0.4, 0.5) is 11.4 Å². The Morgan fingerprint density at radius 3 is 2.67 bits per heavy atom. The highest BCUT2D eigenvalue weighted by molar-refractivity contribution is 5.55. The van der Waals surface area contributed by atoms with E-state index in [1.54, 1.807) is 0 Å². The maximum absolute atomic E-state index is 3.18. The number of nitrogens with one attached hydrogen (secondary N) is 1. The van der Waals surface area contributed by atoms with Crippen molar-refractivity contribution in [3.63, 3.8) is 0 Å². The number of rotatable bonds is 2. The predicted octanol–water partition coefficient (Wildman–Crippen LogP) is 2.40. The van der Waals surface area contributed by atoms with Crippen molar-refractivity contribution in [2.45, 2.75) is 25.3 Å². The van der Waals surface area contributed by atoms with Crippen LogP contribution in [-0.4, -0.2) is 44.2 Å². The van der Waals surface area contributed by atoms with Crippen LogP contribution in [0.2, 0.25) is 0 Å². The van der Waals surface area contributed by atoms with Gasteiger partial charge in [0.25, 0.3) is 0 Å². The third-order valence-corrected chi connectivity index (χ3v) is 4.36. The Kier molecular flexibility index (Phi) is 3.41. The lowest BCUT2D eigenvalue weighted by molar-refractivity contribution is 0.133. The molecule has 0 spiro atoms. The van der Waals surface area contributed by atoms with Gasteiger partial charge >= 0.3 is 0 Å². The van der Waals surface area contributed by atoms with E-state index in [1.807, 2.05) is 7.05 Å². The van der Waals surface area contributed by atoms with Gasteiger partial charge in [-0.05, 0) is 43.7 Å². The van der Waals surface area contributed by atoms with Crippen molar-refractivity contribution in [3.05, 3.63) is 24.3 Å². The summed E-state index contributed by atoms with van der Waals surface area (Å²) in [6, 6.07) is 9.61. The fourth-order valence-electron chi connectivity index (χ4n) is 3.23. The first-order valence-corrected chi connectivity index (χ1v) is 7.13. The first-order chi connectivity index (χ1) is 8.86. The molecule has 2 aliphatic heterocycles. The van der Waals surface area contributed by atoms with Crippen LogP contribution in [0.1, 0.15) is 19.3 Å². The second-order valence-electron chi connectivity index (χ2n) is 5.43. The lowest BCUT2D eigenvalue weighted by Gasteiger charge is -2.45. The van der Waals surface area contributed by atoms with Crippen LogP contribution in [-0.2, 0) is 0 Å². The van der Waals surface area contributed by atoms with Gasteiger partial charge in [0.2, 0.25) is 0 Å². The van der Waals surface area contributed by atoms with Crippen molar-refractivity contribution in [2.75, 3.05) is 43.4 Å². The summed E-state index contributed by atoms with van der Waals surface area (Å²) in [4.78, 5) is 5.23. The Hall–Kier alpha value is -1.22. The highest BCUT2D eigenvalue weighted by Crippen LogP contribution is 2.25. The first-order valence-electron chi connectivity index (χ1n) is 7.13. The van der Waals surface area contributed by atoms with E-state index < -0.39 is 0 Å². The second kappa shape index (κ2) is 5.19. The summed E-state index contributed by atoms with van der Waals surface area (Å²) in [7, 11) is 1.97. The number of anilines is 2. The molecule has 0 amide bonds. The molecule has 0 radical (unpaired) electrons. The quantitative estimate of drug-likeness (QED) is 0.863. The van der Waals surface area contributed by atoms with E-state index in [9.17, 15) is 0 Å². The zero-order chi connectivity index (χ0) is 12.4. The number of fused-ring (bicyclic) bond motifs is 1. The summed E-state index contributed by atoms with van der Waals surface area (Å²) >= 11 is 0. The van der Waals surface area contributed by atoms with Gasteiger partial charge < -0.3 is 10.2 Å². The minimum Gasteiger partial charge on any atom is -0.388 e. The molecule has 2 fully saturated rings. The summed E-state index contributed by atoms with van der Waals surface area (Å²) < 4.78 is 0. The van der Waals surface area contributed by atoms with Gasteiger partial charge in [-0.15, -0.1) is 0 Å². The highest BCUT2D eigenvalue weighted by atomic mass is 15.3. The number of benzene rings is 1. The van der Waals surface area contributed by atoms with E-state index >= 15 is 0 Å². The molecule has 1 aromatic carbocycles. The Bertz CT molecular complexity index is 387. The van der Waals surface area contributed by atoms with Crippen LogP contribution in [0.25, 0.3) is 0 Å². The molecule has 0 bridgehead atoms. The Labute approximate surface area is 110 Å². The van der Waals surface area contributed by atoms with Gasteiger partial charge in [-0.3, -0.25) is 4.90 Å². The lowest BCUT2D eigenvalue weighted by atomic mass is 9.99. The highest BCUT2D eigenvalue weighted by Gasteiger charge is 2.28. The summed E-state index contributed by atoms with van der Waals surface area (Å²) in [5, 5.41) is 3.18. The van der Waals surface area contributed by atoms with E-state index in [1.165, 1.54) is 56.8 Å². The van der Waals surface area contributed by atoms with Crippen molar-refractivity contribution < 1.29 is 0 Å². The fraction of sp³-hybridized carbons (Fsp3) is 0.600. The van der Waals surface area contributed by atoms with Crippen molar-refractivity contribution in [2.24, 2.45) is 0 Å². The zero-order valence-electron chi connectivity index (χ0n) is 11.2. The van der Waals surface area contributed by atoms with Gasteiger partial charge in [0.05, 0.1) is 0 Å². The molecule has 1 unspecified atom stereocenters. The molecular formula is C15H23N3. The Morgan fingerprint density at radius 1 is 1.06 bits per heavy atom. The molecule has 0 aliphatic carbocycles.